The Morgan fingerprint density at radius 2 is 0.279 bits per heavy atom. The topological polar surface area (TPSA) is 13.0 Å². The fourth-order valence-corrected chi connectivity index (χ4v) is 12.2. The maximum atomic E-state index is 2.36. The third-order valence-electron chi connectivity index (χ3n) is 16.5. The predicted octanol–water partition coefficient (Wildman–Crippen LogP) is 23.5. The van der Waals surface area contributed by atoms with Crippen molar-refractivity contribution in [3.8, 4) is 22.3 Å². The maximum Gasteiger partial charge on any atom is 0.0468 e. The highest BCUT2D eigenvalue weighted by Gasteiger charge is 2.20. The number of para-hydroxylation sites is 2. The Labute approximate surface area is 502 Å². The van der Waals surface area contributed by atoms with Crippen molar-refractivity contribution in [1.82, 2.24) is 0 Å². The highest BCUT2D eigenvalue weighted by atomic mass is 15.2. The minimum atomic E-state index is 1.07. The molecule has 0 saturated carbocycles. The maximum absolute atomic E-state index is 2.36. The summed E-state index contributed by atoms with van der Waals surface area (Å²) in [5.74, 6) is 0. The first-order valence-corrected chi connectivity index (χ1v) is 29.4. The van der Waals surface area contributed by atoms with E-state index < -0.39 is 0 Å². The Morgan fingerprint density at radius 1 is 0.116 bits per heavy atom. The zero-order chi connectivity index (χ0) is 57.2. The van der Waals surface area contributed by atoms with Gasteiger partial charge in [0.15, 0.2) is 0 Å². The fourth-order valence-electron chi connectivity index (χ4n) is 12.2. The summed E-state index contributed by atoms with van der Waals surface area (Å²) in [4.78, 5) is 9.39. The smallest absolute Gasteiger partial charge is 0.0468 e. The van der Waals surface area contributed by atoms with Crippen molar-refractivity contribution in [3.63, 3.8) is 0 Å². The zero-order valence-corrected chi connectivity index (χ0v) is 47.3. The molecule has 0 amide bonds. The van der Waals surface area contributed by atoms with Crippen LogP contribution in [0.5, 0.6) is 0 Å². The van der Waals surface area contributed by atoms with Crippen LogP contribution in [0, 0.1) is 0 Å². The van der Waals surface area contributed by atoms with Crippen molar-refractivity contribution in [1.29, 1.82) is 0 Å². The van der Waals surface area contributed by atoms with E-state index in [1.54, 1.807) is 0 Å². The second-order valence-corrected chi connectivity index (χ2v) is 21.8. The lowest BCUT2D eigenvalue weighted by Crippen LogP contribution is -2.12. The molecule has 0 atom stereocenters. The molecular formula is C82H58N4. The molecule has 0 bridgehead atoms. The number of benzene rings is 15. The summed E-state index contributed by atoms with van der Waals surface area (Å²) in [7, 11) is 0. The van der Waals surface area contributed by atoms with Crippen molar-refractivity contribution in [2.75, 3.05) is 19.6 Å². The molecule has 0 spiro atoms. The van der Waals surface area contributed by atoms with Gasteiger partial charge in [-0.05, 0) is 211 Å². The molecule has 0 aromatic heterocycles. The van der Waals surface area contributed by atoms with E-state index in [9.17, 15) is 0 Å². The van der Waals surface area contributed by atoms with Gasteiger partial charge >= 0.3 is 0 Å². The van der Waals surface area contributed by atoms with Crippen LogP contribution in [0.15, 0.2) is 352 Å². The van der Waals surface area contributed by atoms with Gasteiger partial charge in [0, 0.05) is 68.2 Å². The number of rotatable bonds is 14. The molecule has 0 aliphatic rings. The van der Waals surface area contributed by atoms with Gasteiger partial charge in [-0.15, -0.1) is 0 Å². The molecule has 0 unspecified atom stereocenters. The van der Waals surface area contributed by atoms with Crippen molar-refractivity contribution >= 4 is 111 Å². The van der Waals surface area contributed by atoms with Gasteiger partial charge in [-0.2, -0.15) is 0 Å². The monoisotopic (exact) mass is 1100 g/mol. The van der Waals surface area contributed by atoms with Crippen molar-refractivity contribution in [3.05, 3.63) is 352 Å². The van der Waals surface area contributed by atoms with Gasteiger partial charge in [0.1, 0.15) is 0 Å². The molecular weight excluding hydrogens is 1040 g/mol. The molecule has 0 N–H and O–H groups in total. The number of hydrogen-bond acceptors (Lipinski definition) is 4. The summed E-state index contributed by atoms with van der Waals surface area (Å²) < 4.78 is 0. The first-order chi connectivity index (χ1) is 42.6. The van der Waals surface area contributed by atoms with Crippen LogP contribution in [0.4, 0.5) is 68.2 Å². The third kappa shape index (κ3) is 10.2. The van der Waals surface area contributed by atoms with E-state index in [1.165, 1.54) is 43.1 Å². The van der Waals surface area contributed by atoms with Gasteiger partial charge < -0.3 is 19.6 Å². The Balaban J connectivity index is 0.717. The number of fused-ring (bicyclic) bond motifs is 4. The third-order valence-corrected chi connectivity index (χ3v) is 16.5. The normalized spacial score (nSPS) is 11.3. The van der Waals surface area contributed by atoms with Crippen LogP contribution in [-0.4, -0.2) is 0 Å². The van der Waals surface area contributed by atoms with E-state index in [-0.39, 0.29) is 0 Å². The molecule has 86 heavy (non-hydrogen) atoms. The summed E-state index contributed by atoms with van der Waals surface area (Å²) in [6, 6.07) is 127. The molecule has 15 aromatic rings. The van der Waals surface area contributed by atoms with Gasteiger partial charge in [0.25, 0.3) is 0 Å². The predicted molar refractivity (Wildman–Crippen MR) is 366 cm³/mol. The van der Waals surface area contributed by atoms with E-state index in [4.69, 9.17) is 0 Å². The summed E-state index contributed by atoms with van der Waals surface area (Å²) in [6.45, 7) is 0. The molecule has 406 valence electrons. The minimum Gasteiger partial charge on any atom is -0.310 e. The van der Waals surface area contributed by atoms with Gasteiger partial charge in [0.2, 0.25) is 0 Å². The largest absolute Gasteiger partial charge is 0.310 e. The average Bonchev–Trinajstić information content (AvgIpc) is 3.27. The lowest BCUT2D eigenvalue weighted by Gasteiger charge is -2.29. The lowest BCUT2D eigenvalue weighted by molar-refractivity contribution is 1.26. The van der Waals surface area contributed by atoms with Crippen LogP contribution >= 0.6 is 0 Å². The van der Waals surface area contributed by atoms with Gasteiger partial charge in [0.05, 0.1) is 0 Å². The Kier molecular flexibility index (Phi) is 13.6. The highest BCUT2D eigenvalue weighted by molar-refractivity contribution is 5.94. The van der Waals surface area contributed by atoms with Crippen molar-refractivity contribution in [2.24, 2.45) is 0 Å². The Morgan fingerprint density at radius 3 is 0.512 bits per heavy atom. The average molecular weight is 1100 g/mol. The van der Waals surface area contributed by atoms with E-state index >= 15 is 0 Å². The molecule has 0 saturated heterocycles. The van der Waals surface area contributed by atoms with Crippen LogP contribution < -0.4 is 19.6 Å². The lowest BCUT2D eigenvalue weighted by atomic mass is 9.99. The molecule has 0 aliphatic carbocycles. The van der Waals surface area contributed by atoms with Crippen LogP contribution in [0.1, 0.15) is 0 Å². The molecule has 4 nitrogen and oxygen atoms in total. The molecule has 0 heterocycles. The quantitative estimate of drug-likeness (QED) is 0.108. The SMILES string of the molecule is c1ccc(N(c2ccc(N(c3ccc(-c4ccc(-c5ccc(N(c6ccc(N(c7ccccc7)c7ccc8ccccc8c7)cc6)c6ccc7ccccc7c6)cc5)cc4)cc3)c3ccc4ccccc4c3)cc2)c2ccc3ccccc3c2)cc1. The number of anilines is 12. The molecule has 15 aromatic carbocycles. The highest BCUT2D eigenvalue weighted by Crippen LogP contribution is 2.44. The molecule has 0 radical (unpaired) electrons. The Hall–Kier alpha value is -11.5. The van der Waals surface area contributed by atoms with Crippen LogP contribution in [0.25, 0.3) is 65.3 Å². The number of nitrogens with zero attached hydrogens (tertiary/aromatic N) is 4. The van der Waals surface area contributed by atoms with Gasteiger partial charge in [-0.25, -0.2) is 0 Å². The van der Waals surface area contributed by atoms with Crippen LogP contribution in [0.3, 0.4) is 0 Å². The molecule has 0 aliphatic heterocycles. The van der Waals surface area contributed by atoms with Crippen LogP contribution in [-0.2, 0) is 0 Å². The molecule has 15 rings (SSSR count). The van der Waals surface area contributed by atoms with Crippen molar-refractivity contribution in [2.45, 2.75) is 0 Å². The summed E-state index contributed by atoms with van der Waals surface area (Å²) >= 11 is 0. The van der Waals surface area contributed by atoms with E-state index in [1.807, 2.05) is 0 Å². The molecule has 4 heteroatoms. The second-order valence-electron chi connectivity index (χ2n) is 21.8. The zero-order valence-electron chi connectivity index (χ0n) is 47.3. The van der Waals surface area contributed by atoms with Gasteiger partial charge in [-0.3, -0.25) is 0 Å². The van der Waals surface area contributed by atoms with Gasteiger partial charge in [-0.1, -0.05) is 206 Å². The summed E-state index contributed by atoms with van der Waals surface area (Å²) in [5, 5.41) is 9.68. The number of hydrogen-bond donors (Lipinski definition) is 0. The van der Waals surface area contributed by atoms with E-state index in [0.29, 0.717) is 0 Å². The Bertz CT molecular complexity index is 4540. The summed E-state index contributed by atoms with van der Waals surface area (Å²) in [6.07, 6.45) is 0. The summed E-state index contributed by atoms with van der Waals surface area (Å²) in [5.41, 5.74) is 17.7. The second kappa shape index (κ2) is 22.7. The van der Waals surface area contributed by atoms with Crippen LogP contribution in [0.2, 0.25) is 0 Å². The van der Waals surface area contributed by atoms with E-state index in [2.05, 4.69) is 371 Å². The van der Waals surface area contributed by atoms with Crippen molar-refractivity contribution < 1.29 is 0 Å². The fraction of sp³-hybridized carbons (Fsp3) is 0. The first-order valence-electron chi connectivity index (χ1n) is 29.4. The van der Waals surface area contributed by atoms with E-state index in [0.717, 1.165) is 90.5 Å². The standard InChI is InChI=1S/C82H58N4/c1-3-23-71(24-4-1)83(79-43-35-59-15-7-11-19-67(59)55-79)75-47-51-77(52-48-75)85(81-45-37-61-17-9-13-21-69(61)57-81)73-39-31-65(32-40-73)63-27-29-64(30-28-63)66-33-41-74(42-34-66)86(82-46-38-62-18-10-14-22-70(62)58-82)78-53-49-76(50-54-78)84(72-25-5-2-6-26-72)80-44-36-60-16-8-12-20-68(60)56-80/h1-58H. The minimum absolute atomic E-state index is 1.07. The molecule has 0 fully saturated rings. The first kappa shape index (κ1) is 51.4.